The van der Waals surface area contributed by atoms with Gasteiger partial charge in [0, 0.05) is 33.0 Å². The van der Waals surface area contributed by atoms with Crippen molar-refractivity contribution in [3.8, 4) is 67.3 Å². The molecule has 0 aliphatic heterocycles. The molecule has 0 atom stereocenters. The molecule has 3 nitrogen and oxygen atoms in total. The fourth-order valence-electron chi connectivity index (χ4n) is 9.77. The summed E-state index contributed by atoms with van der Waals surface area (Å²) in [6.45, 7) is 0. The van der Waals surface area contributed by atoms with Crippen LogP contribution in [0.3, 0.4) is 0 Å². The lowest BCUT2D eigenvalue weighted by Gasteiger charge is -2.34. The van der Waals surface area contributed by atoms with Crippen LogP contribution in [0, 0.1) is 0 Å². The maximum Gasteiger partial charge on any atom is 0.160 e. The van der Waals surface area contributed by atoms with E-state index in [1.54, 1.807) is 0 Å². The minimum atomic E-state index is -0.529. The molecule has 2 heterocycles. The molecule has 1 aliphatic carbocycles. The van der Waals surface area contributed by atoms with Gasteiger partial charge in [-0.2, -0.15) is 0 Å². The van der Waals surface area contributed by atoms with Gasteiger partial charge in [-0.25, -0.2) is 9.97 Å². The number of fused-ring (bicyclic) bond motifs is 6. The third kappa shape index (κ3) is 5.74. The zero-order chi connectivity index (χ0) is 41.0. The largest absolute Gasteiger partial charge is 0.455 e. The molecule has 0 fully saturated rings. The maximum absolute atomic E-state index is 6.60. The molecular weight excluding hydrogens is 753 g/mol. The minimum Gasteiger partial charge on any atom is -0.455 e. The predicted molar refractivity (Wildman–Crippen MR) is 254 cm³/mol. The Labute approximate surface area is 360 Å². The van der Waals surface area contributed by atoms with Gasteiger partial charge >= 0.3 is 0 Å². The van der Waals surface area contributed by atoms with Crippen molar-refractivity contribution in [3.05, 3.63) is 253 Å². The standard InChI is InChI=1S/C59H38N2O/c1-5-18-39(19-6-1)42-34-43(47-28-17-29-51-50-27-14-16-31-56(50)62-57(47)51)36-44(35-42)55-38-54(60-58(61-55)40-20-7-2-8-21-40)41-32-33-49-48-26-13-15-30-52(48)59(53(49)37-41,45-22-9-3-10-23-45)46-24-11-4-12-25-46/h1-38H. The van der Waals surface area contributed by atoms with Gasteiger partial charge in [0.15, 0.2) is 5.82 Å². The van der Waals surface area contributed by atoms with E-state index in [0.29, 0.717) is 5.82 Å². The van der Waals surface area contributed by atoms with E-state index in [1.807, 2.05) is 30.3 Å². The van der Waals surface area contributed by atoms with Gasteiger partial charge in [-0.05, 0) is 86.5 Å². The van der Waals surface area contributed by atoms with Crippen molar-refractivity contribution in [1.29, 1.82) is 0 Å². The number of benzene rings is 9. The number of rotatable bonds is 7. The molecule has 0 saturated heterocycles. The van der Waals surface area contributed by atoms with Gasteiger partial charge in [-0.1, -0.05) is 194 Å². The lowest BCUT2D eigenvalue weighted by Crippen LogP contribution is -2.28. The molecule has 0 radical (unpaired) electrons. The summed E-state index contributed by atoms with van der Waals surface area (Å²) < 4.78 is 6.60. The Kier molecular flexibility index (Phi) is 8.39. The van der Waals surface area contributed by atoms with Crippen molar-refractivity contribution in [2.75, 3.05) is 0 Å². The summed E-state index contributed by atoms with van der Waals surface area (Å²) in [5.41, 5.74) is 17.7. The molecule has 0 spiro atoms. The number of hydrogen-bond acceptors (Lipinski definition) is 3. The molecule has 0 amide bonds. The molecule has 12 rings (SSSR count). The second-order valence-electron chi connectivity index (χ2n) is 16.1. The zero-order valence-electron chi connectivity index (χ0n) is 33.7. The maximum atomic E-state index is 6.60. The van der Waals surface area contributed by atoms with Crippen LogP contribution in [-0.2, 0) is 5.41 Å². The predicted octanol–water partition coefficient (Wildman–Crippen LogP) is 15.1. The molecule has 290 valence electrons. The number of furan rings is 1. The summed E-state index contributed by atoms with van der Waals surface area (Å²) in [5.74, 6) is 0.672. The van der Waals surface area contributed by atoms with Crippen LogP contribution < -0.4 is 0 Å². The highest BCUT2D eigenvalue weighted by Crippen LogP contribution is 2.56. The van der Waals surface area contributed by atoms with Crippen molar-refractivity contribution in [2.45, 2.75) is 5.41 Å². The van der Waals surface area contributed by atoms with E-state index in [9.17, 15) is 0 Å². The molecule has 1 aliphatic rings. The summed E-state index contributed by atoms with van der Waals surface area (Å²) in [4.78, 5) is 10.7. The van der Waals surface area contributed by atoms with Gasteiger partial charge in [-0.15, -0.1) is 0 Å². The fraction of sp³-hybridized carbons (Fsp3) is 0.0169. The third-order valence-electron chi connectivity index (χ3n) is 12.6. The molecule has 0 bridgehead atoms. The molecule has 9 aromatic carbocycles. The van der Waals surface area contributed by atoms with Crippen molar-refractivity contribution in [2.24, 2.45) is 0 Å². The Hall–Kier alpha value is -8.14. The quantitative estimate of drug-likeness (QED) is 0.161. The molecule has 0 saturated carbocycles. The molecule has 62 heavy (non-hydrogen) atoms. The summed E-state index contributed by atoms with van der Waals surface area (Å²) >= 11 is 0. The lowest BCUT2D eigenvalue weighted by atomic mass is 9.67. The lowest BCUT2D eigenvalue weighted by molar-refractivity contribution is 0.670. The molecular formula is C59H38N2O. The van der Waals surface area contributed by atoms with Crippen LogP contribution in [0.2, 0.25) is 0 Å². The third-order valence-corrected chi connectivity index (χ3v) is 12.6. The molecule has 0 N–H and O–H groups in total. The molecule has 11 aromatic rings. The van der Waals surface area contributed by atoms with Crippen LogP contribution in [0.25, 0.3) is 89.2 Å². The number of aromatic nitrogens is 2. The van der Waals surface area contributed by atoms with Crippen molar-refractivity contribution >= 4 is 21.9 Å². The van der Waals surface area contributed by atoms with E-state index in [4.69, 9.17) is 14.4 Å². The van der Waals surface area contributed by atoms with E-state index in [0.717, 1.165) is 72.3 Å². The van der Waals surface area contributed by atoms with Crippen molar-refractivity contribution in [3.63, 3.8) is 0 Å². The van der Waals surface area contributed by atoms with E-state index >= 15 is 0 Å². The number of para-hydroxylation sites is 2. The highest BCUT2D eigenvalue weighted by Gasteiger charge is 2.46. The fourth-order valence-corrected chi connectivity index (χ4v) is 9.77. The van der Waals surface area contributed by atoms with Crippen LogP contribution in [0.1, 0.15) is 22.3 Å². The topological polar surface area (TPSA) is 38.9 Å². The monoisotopic (exact) mass is 790 g/mol. The SMILES string of the molecule is c1ccc(-c2cc(-c3cc(-c4ccc5c(c4)C(c4ccccc4)(c4ccccc4)c4ccccc4-5)nc(-c4ccccc4)n3)cc(-c3cccc4c3oc3ccccc34)c2)cc1. The smallest absolute Gasteiger partial charge is 0.160 e. The first kappa shape index (κ1) is 35.8. The molecule has 0 unspecified atom stereocenters. The van der Waals surface area contributed by atoms with Gasteiger partial charge in [0.05, 0.1) is 16.8 Å². The Morgan fingerprint density at radius 2 is 0.871 bits per heavy atom. The van der Waals surface area contributed by atoms with E-state index in [2.05, 4.69) is 200 Å². The second-order valence-corrected chi connectivity index (χ2v) is 16.1. The van der Waals surface area contributed by atoms with Crippen molar-refractivity contribution in [1.82, 2.24) is 9.97 Å². The summed E-state index contributed by atoms with van der Waals surface area (Å²) in [7, 11) is 0. The van der Waals surface area contributed by atoms with Gasteiger partial charge in [0.1, 0.15) is 11.2 Å². The summed E-state index contributed by atoms with van der Waals surface area (Å²) in [6, 6.07) is 82.2. The van der Waals surface area contributed by atoms with Gasteiger partial charge in [0.25, 0.3) is 0 Å². The first-order valence-electron chi connectivity index (χ1n) is 21.1. The first-order chi connectivity index (χ1) is 30.7. The van der Waals surface area contributed by atoms with Gasteiger partial charge in [-0.3, -0.25) is 0 Å². The molecule has 3 heteroatoms. The van der Waals surface area contributed by atoms with Crippen LogP contribution in [-0.4, -0.2) is 9.97 Å². The minimum absolute atomic E-state index is 0.529. The van der Waals surface area contributed by atoms with Crippen LogP contribution in [0.15, 0.2) is 235 Å². The highest BCUT2D eigenvalue weighted by atomic mass is 16.3. The van der Waals surface area contributed by atoms with E-state index in [1.165, 1.54) is 33.4 Å². The summed E-state index contributed by atoms with van der Waals surface area (Å²) in [5, 5.41) is 2.21. The Bertz CT molecular complexity index is 3410. The Morgan fingerprint density at radius 1 is 0.323 bits per heavy atom. The van der Waals surface area contributed by atoms with Crippen LogP contribution >= 0.6 is 0 Å². The first-order valence-corrected chi connectivity index (χ1v) is 21.1. The Balaban J connectivity index is 1.10. The van der Waals surface area contributed by atoms with Crippen molar-refractivity contribution < 1.29 is 4.42 Å². The normalized spacial score (nSPS) is 12.6. The van der Waals surface area contributed by atoms with Crippen LogP contribution in [0.4, 0.5) is 0 Å². The number of nitrogens with zero attached hydrogens (tertiary/aromatic N) is 2. The average molecular weight is 791 g/mol. The highest BCUT2D eigenvalue weighted by molar-refractivity contribution is 6.10. The summed E-state index contributed by atoms with van der Waals surface area (Å²) in [6.07, 6.45) is 0. The average Bonchev–Trinajstić information content (AvgIpc) is 3.89. The van der Waals surface area contributed by atoms with Gasteiger partial charge < -0.3 is 4.42 Å². The molecule has 2 aromatic heterocycles. The number of hydrogen-bond donors (Lipinski definition) is 0. The van der Waals surface area contributed by atoms with E-state index < -0.39 is 5.41 Å². The Morgan fingerprint density at radius 3 is 1.61 bits per heavy atom. The zero-order valence-corrected chi connectivity index (χ0v) is 33.7. The van der Waals surface area contributed by atoms with Gasteiger partial charge in [0.2, 0.25) is 0 Å². The van der Waals surface area contributed by atoms with E-state index in [-0.39, 0.29) is 0 Å². The van der Waals surface area contributed by atoms with Crippen LogP contribution in [0.5, 0.6) is 0 Å². The second kappa shape index (κ2) is 14.5.